The lowest BCUT2D eigenvalue weighted by molar-refractivity contribution is 0.144. The van der Waals surface area contributed by atoms with E-state index in [4.69, 9.17) is 0 Å². The first-order valence-electron chi connectivity index (χ1n) is 6.16. The summed E-state index contributed by atoms with van der Waals surface area (Å²) in [5.41, 5.74) is 0.760. The van der Waals surface area contributed by atoms with Crippen LogP contribution < -0.4 is 10.6 Å². The molecular formula is C12H20N4O. The highest BCUT2D eigenvalue weighted by Gasteiger charge is 2.36. The smallest absolute Gasteiger partial charge is 0.224 e. The van der Waals surface area contributed by atoms with Crippen LogP contribution in [-0.4, -0.2) is 33.8 Å². The summed E-state index contributed by atoms with van der Waals surface area (Å²) >= 11 is 0. The largest absolute Gasteiger partial charge is 0.394 e. The van der Waals surface area contributed by atoms with Crippen LogP contribution in [0.2, 0.25) is 0 Å². The number of aliphatic hydroxyl groups is 1. The molecule has 0 saturated heterocycles. The van der Waals surface area contributed by atoms with Crippen molar-refractivity contribution in [3.8, 4) is 0 Å². The van der Waals surface area contributed by atoms with Gasteiger partial charge in [-0.3, -0.25) is 0 Å². The van der Waals surface area contributed by atoms with Gasteiger partial charge >= 0.3 is 0 Å². The number of rotatable bonds is 5. The molecule has 0 bridgehead atoms. The van der Waals surface area contributed by atoms with Crippen LogP contribution in [0.4, 0.5) is 11.8 Å². The van der Waals surface area contributed by atoms with Crippen molar-refractivity contribution in [2.45, 2.75) is 38.6 Å². The van der Waals surface area contributed by atoms with Crippen molar-refractivity contribution in [2.75, 3.05) is 23.8 Å². The fourth-order valence-corrected chi connectivity index (χ4v) is 2.07. The van der Waals surface area contributed by atoms with Crippen molar-refractivity contribution in [3.05, 3.63) is 11.8 Å². The molecule has 2 rings (SSSR count). The van der Waals surface area contributed by atoms with Gasteiger partial charge in [0.15, 0.2) is 0 Å². The van der Waals surface area contributed by atoms with Crippen molar-refractivity contribution in [1.29, 1.82) is 0 Å². The van der Waals surface area contributed by atoms with Crippen LogP contribution in [0.3, 0.4) is 0 Å². The highest BCUT2D eigenvalue weighted by atomic mass is 16.3. The third-order valence-electron chi connectivity index (χ3n) is 3.20. The summed E-state index contributed by atoms with van der Waals surface area (Å²) in [6.45, 7) is 4.92. The lowest BCUT2D eigenvalue weighted by atomic mass is 9.77. The second kappa shape index (κ2) is 4.87. The third-order valence-corrected chi connectivity index (χ3v) is 3.20. The molecule has 1 saturated carbocycles. The molecule has 94 valence electrons. The van der Waals surface area contributed by atoms with Crippen molar-refractivity contribution in [2.24, 2.45) is 0 Å². The lowest BCUT2D eigenvalue weighted by Crippen LogP contribution is -2.48. The van der Waals surface area contributed by atoms with E-state index < -0.39 is 0 Å². The van der Waals surface area contributed by atoms with Gasteiger partial charge in [0.2, 0.25) is 5.95 Å². The highest BCUT2D eigenvalue weighted by molar-refractivity contribution is 5.44. The molecule has 0 radical (unpaired) electrons. The number of hydrogen-bond donors (Lipinski definition) is 3. The first-order valence-corrected chi connectivity index (χ1v) is 6.16. The Morgan fingerprint density at radius 2 is 2.18 bits per heavy atom. The lowest BCUT2D eigenvalue weighted by Gasteiger charge is -2.41. The summed E-state index contributed by atoms with van der Waals surface area (Å²) in [6, 6.07) is 1.91. The van der Waals surface area contributed by atoms with Crippen LogP contribution in [0.15, 0.2) is 6.07 Å². The van der Waals surface area contributed by atoms with Gasteiger partial charge in [-0.1, -0.05) is 0 Å². The monoisotopic (exact) mass is 236 g/mol. The molecule has 1 aromatic rings. The van der Waals surface area contributed by atoms with Crippen molar-refractivity contribution in [3.63, 3.8) is 0 Å². The van der Waals surface area contributed by atoms with E-state index in [1.54, 1.807) is 0 Å². The van der Waals surface area contributed by atoms with E-state index in [2.05, 4.69) is 20.6 Å². The Balaban J connectivity index is 2.14. The summed E-state index contributed by atoms with van der Waals surface area (Å²) < 4.78 is 0. The normalized spacial score (nSPS) is 17.4. The molecule has 3 N–H and O–H groups in total. The molecular weight excluding hydrogens is 216 g/mol. The van der Waals surface area contributed by atoms with Crippen molar-refractivity contribution in [1.82, 2.24) is 9.97 Å². The standard InChI is InChI=1S/C12H20N4O/c1-3-13-11-14-9(2)7-10(15-11)16-12(8-17)5-4-6-12/h7,17H,3-6,8H2,1-2H3,(H2,13,14,15,16). The van der Waals surface area contributed by atoms with E-state index in [1.807, 2.05) is 19.9 Å². The average Bonchev–Trinajstić information content (AvgIpc) is 2.23. The Morgan fingerprint density at radius 1 is 1.41 bits per heavy atom. The van der Waals surface area contributed by atoms with Crippen molar-refractivity contribution >= 4 is 11.8 Å². The van der Waals surface area contributed by atoms with Gasteiger partial charge in [0, 0.05) is 18.3 Å². The van der Waals surface area contributed by atoms with Crippen LogP contribution in [0.1, 0.15) is 31.9 Å². The third kappa shape index (κ3) is 2.66. The molecule has 1 aromatic heterocycles. The molecule has 1 heterocycles. The molecule has 0 atom stereocenters. The molecule has 1 aliphatic carbocycles. The van der Waals surface area contributed by atoms with Gasteiger partial charge in [-0.2, -0.15) is 4.98 Å². The fourth-order valence-electron chi connectivity index (χ4n) is 2.07. The number of aliphatic hydroxyl groups excluding tert-OH is 1. The predicted octanol–water partition coefficient (Wildman–Crippen LogP) is 1.54. The number of hydrogen-bond acceptors (Lipinski definition) is 5. The van der Waals surface area contributed by atoms with E-state index in [0.29, 0.717) is 5.95 Å². The van der Waals surface area contributed by atoms with Gasteiger partial charge in [-0.05, 0) is 33.1 Å². The molecule has 0 aromatic carbocycles. The Hall–Kier alpha value is -1.36. The fraction of sp³-hybridized carbons (Fsp3) is 0.667. The summed E-state index contributed by atoms with van der Waals surface area (Å²) in [5, 5.41) is 15.9. The quantitative estimate of drug-likeness (QED) is 0.723. The van der Waals surface area contributed by atoms with E-state index in [-0.39, 0.29) is 12.1 Å². The number of nitrogens with one attached hydrogen (secondary N) is 2. The first-order chi connectivity index (χ1) is 8.17. The minimum absolute atomic E-state index is 0.159. The molecule has 5 nitrogen and oxygen atoms in total. The maximum absolute atomic E-state index is 9.42. The molecule has 1 aliphatic rings. The zero-order valence-electron chi connectivity index (χ0n) is 10.5. The maximum atomic E-state index is 9.42. The Morgan fingerprint density at radius 3 is 2.71 bits per heavy atom. The molecule has 0 aliphatic heterocycles. The molecule has 0 unspecified atom stereocenters. The van der Waals surface area contributed by atoms with Crippen LogP contribution in [0.5, 0.6) is 0 Å². The minimum atomic E-state index is -0.162. The number of anilines is 2. The number of aromatic nitrogens is 2. The molecule has 17 heavy (non-hydrogen) atoms. The van der Waals surface area contributed by atoms with Gasteiger partial charge in [0.1, 0.15) is 5.82 Å². The minimum Gasteiger partial charge on any atom is -0.394 e. The summed E-state index contributed by atoms with van der Waals surface area (Å²) in [5.74, 6) is 1.43. The van der Waals surface area contributed by atoms with Crippen molar-refractivity contribution < 1.29 is 5.11 Å². The highest BCUT2D eigenvalue weighted by Crippen LogP contribution is 2.34. The Bertz CT molecular complexity index is 385. The summed E-state index contributed by atoms with van der Waals surface area (Å²) in [4.78, 5) is 8.69. The Kier molecular flexibility index (Phi) is 3.47. The van der Waals surface area contributed by atoms with Gasteiger partial charge < -0.3 is 15.7 Å². The number of aryl methyl sites for hydroxylation is 1. The van der Waals surface area contributed by atoms with Crippen LogP contribution in [0, 0.1) is 6.92 Å². The second-order valence-electron chi connectivity index (χ2n) is 4.67. The predicted molar refractivity (Wildman–Crippen MR) is 68.2 cm³/mol. The molecule has 5 heteroatoms. The van der Waals surface area contributed by atoms with Crippen LogP contribution >= 0.6 is 0 Å². The van der Waals surface area contributed by atoms with E-state index in [9.17, 15) is 5.11 Å². The van der Waals surface area contributed by atoms with E-state index >= 15 is 0 Å². The Labute approximate surface area is 102 Å². The molecule has 0 amide bonds. The zero-order chi connectivity index (χ0) is 12.3. The van der Waals surface area contributed by atoms with Gasteiger partial charge in [0.25, 0.3) is 0 Å². The first kappa shape index (κ1) is 12.1. The second-order valence-corrected chi connectivity index (χ2v) is 4.67. The SMILES string of the molecule is CCNc1nc(C)cc(NC2(CO)CCC2)n1. The number of nitrogens with zero attached hydrogens (tertiary/aromatic N) is 2. The maximum Gasteiger partial charge on any atom is 0.224 e. The average molecular weight is 236 g/mol. The van der Waals surface area contributed by atoms with Gasteiger partial charge in [-0.25, -0.2) is 4.98 Å². The van der Waals surface area contributed by atoms with Crippen LogP contribution in [0.25, 0.3) is 0 Å². The molecule has 0 spiro atoms. The van der Waals surface area contributed by atoms with Gasteiger partial charge in [0.05, 0.1) is 12.1 Å². The topological polar surface area (TPSA) is 70.1 Å². The van der Waals surface area contributed by atoms with Crippen LogP contribution in [-0.2, 0) is 0 Å². The zero-order valence-corrected chi connectivity index (χ0v) is 10.5. The summed E-state index contributed by atoms with van der Waals surface area (Å²) in [6.07, 6.45) is 3.17. The van der Waals surface area contributed by atoms with E-state index in [1.165, 1.54) is 0 Å². The van der Waals surface area contributed by atoms with Gasteiger partial charge in [-0.15, -0.1) is 0 Å². The molecule has 1 fully saturated rings. The summed E-state index contributed by atoms with van der Waals surface area (Å²) in [7, 11) is 0. The van der Waals surface area contributed by atoms with E-state index in [0.717, 1.165) is 37.3 Å².